The Kier molecular flexibility index (Phi) is 4.03. The molecule has 5 nitrogen and oxygen atoms in total. The summed E-state index contributed by atoms with van der Waals surface area (Å²) in [6.07, 6.45) is 1.69. The van der Waals surface area contributed by atoms with Gasteiger partial charge < -0.3 is 5.11 Å². The lowest BCUT2D eigenvalue weighted by atomic mass is 10.2. The zero-order valence-electron chi connectivity index (χ0n) is 9.70. The van der Waals surface area contributed by atoms with Gasteiger partial charge in [-0.3, -0.25) is 14.0 Å². The van der Waals surface area contributed by atoms with Crippen LogP contribution in [0.3, 0.4) is 0 Å². The second-order valence-electron chi connectivity index (χ2n) is 3.90. The molecule has 0 aliphatic rings. The second-order valence-corrected chi connectivity index (χ2v) is 5.80. The number of carboxylic acid groups (broad SMARTS) is 1. The lowest BCUT2D eigenvalue weighted by molar-refractivity contribution is -0.140. The van der Waals surface area contributed by atoms with Gasteiger partial charge in [0, 0.05) is 29.1 Å². The van der Waals surface area contributed by atoms with Crippen LogP contribution in [0.4, 0.5) is 0 Å². The number of thioether (sulfide) groups is 1. The number of carboxylic acids is 1. The van der Waals surface area contributed by atoms with Crippen molar-refractivity contribution >= 4 is 34.0 Å². The van der Waals surface area contributed by atoms with Gasteiger partial charge in [0.05, 0.1) is 11.6 Å². The number of nitrogens with zero attached hydrogens (tertiary/aromatic N) is 2. The summed E-state index contributed by atoms with van der Waals surface area (Å²) in [5.74, 6) is -0.118. The Morgan fingerprint density at radius 3 is 3.17 bits per heavy atom. The fourth-order valence-electron chi connectivity index (χ4n) is 1.37. The zero-order valence-corrected chi connectivity index (χ0v) is 11.3. The average molecular weight is 284 g/mol. The largest absolute Gasteiger partial charge is 0.481 e. The number of hydrogen-bond acceptors (Lipinski definition) is 5. The Labute approximate surface area is 111 Å². The van der Waals surface area contributed by atoms with Crippen LogP contribution in [-0.4, -0.2) is 26.2 Å². The third kappa shape index (κ3) is 2.91. The van der Waals surface area contributed by atoms with Crippen molar-refractivity contribution < 1.29 is 9.90 Å². The van der Waals surface area contributed by atoms with Gasteiger partial charge in [0.15, 0.2) is 4.96 Å². The van der Waals surface area contributed by atoms with Crippen LogP contribution in [0.2, 0.25) is 0 Å². The van der Waals surface area contributed by atoms with Crippen molar-refractivity contribution in [1.82, 2.24) is 9.38 Å². The number of thiazole rings is 1. The highest BCUT2D eigenvalue weighted by molar-refractivity contribution is 7.98. The van der Waals surface area contributed by atoms with Gasteiger partial charge in [0.2, 0.25) is 0 Å². The van der Waals surface area contributed by atoms with Crippen LogP contribution < -0.4 is 5.56 Å². The summed E-state index contributed by atoms with van der Waals surface area (Å²) in [6.45, 7) is 1.67. The molecule has 2 rings (SSSR count). The molecule has 0 aliphatic heterocycles. The normalized spacial score (nSPS) is 12.7. The topological polar surface area (TPSA) is 71.7 Å². The first kappa shape index (κ1) is 13.1. The van der Waals surface area contributed by atoms with E-state index in [0.29, 0.717) is 22.2 Å². The van der Waals surface area contributed by atoms with Gasteiger partial charge in [0.25, 0.3) is 5.56 Å². The molecule has 1 atom stereocenters. The van der Waals surface area contributed by atoms with Gasteiger partial charge in [-0.15, -0.1) is 11.3 Å². The summed E-state index contributed by atoms with van der Waals surface area (Å²) in [5.41, 5.74) is 0.605. The van der Waals surface area contributed by atoms with E-state index in [1.165, 1.54) is 33.6 Å². The van der Waals surface area contributed by atoms with E-state index >= 15 is 0 Å². The molecular weight excluding hydrogens is 272 g/mol. The van der Waals surface area contributed by atoms with Gasteiger partial charge in [-0.05, 0) is 0 Å². The molecule has 0 bridgehead atoms. The van der Waals surface area contributed by atoms with E-state index in [-0.39, 0.29) is 11.5 Å². The Morgan fingerprint density at radius 2 is 2.44 bits per heavy atom. The standard InChI is InChI=1S/C11H12N2O3S2/c1-7(10(15)16)5-17-6-8-4-9(14)13-2-3-18-11(13)12-8/h2-4,7H,5-6H2,1H3,(H,15,16). The first-order valence-corrected chi connectivity index (χ1v) is 7.37. The van der Waals surface area contributed by atoms with Crippen molar-refractivity contribution in [3.05, 3.63) is 33.7 Å². The summed E-state index contributed by atoms with van der Waals surface area (Å²) in [4.78, 5) is 27.4. The first-order chi connectivity index (χ1) is 8.58. The van der Waals surface area contributed by atoms with Crippen LogP contribution in [0.25, 0.3) is 4.96 Å². The van der Waals surface area contributed by atoms with Crippen LogP contribution in [-0.2, 0) is 10.5 Å². The van der Waals surface area contributed by atoms with Crippen molar-refractivity contribution in [2.45, 2.75) is 12.7 Å². The summed E-state index contributed by atoms with van der Waals surface area (Å²) < 4.78 is 1.50. The number of carbonyl (C=O) groups is 1. The van der Waals surface area contributed by atoms with Gasteiger partial charge in [-0.1, -0.05) is 6.92 Å². The summed E-state index contributed by atoms with van der Waals surface area (Å²) in [5, 5.41) is 10.6. The number of hydrogen-bond donors (Lipinski definition) is 1. The molecule has 1 unspecified atom stereocenters. The van der Waals surface area contributed by atoms with Crippen molar-refractivity contribution in [3.8, 4) is 0 Å². The molecule has 2 aromatic rings. The Hall–Kier alpha value is -1.34. The molecule has 0 amide bonds. The fraction of sp³-hybridized carbons (Fsp3) is 0.364. The number of rotatable bonds is 5. The quantitative estimate of drug-likeness (QED) is 0.905. The predicted molar refractivity (Wildman–Crippen MR) is 72.3 cm³/mol. The van der Waals surface area contributed by atoms with Crippen molar-refractivity contribution in [2.24, 2.45) is 5.92 Å². The van der Waals surface area contributed by atoms with E-state index in [2.05, 4.69) is 4.98 Å². The number of aliphatic carboxylic acids is 1. The van der Waals surface area contributed by atoms with Gasteiger partial charge in [0.1, 0.15) is 0 Å². The SMILES string of the molecule is CC(CSCc1cc(=O)n2ccsc2n1)C(=O)O. The van der Waals surface area contributed by atoms with E-state index in [4.69, 9.17) is 5.11 Å². The van der Waals surface area contributed by atoms with Crippen LogP contribution in [0.5, 0.6) is 0 Å². The molecule has 18 heavy (non-hydrogen) atoms. The minimum absolute atomic E-state index is 0.0943. The number of fused-ring (bicyclic) bond motifs is 1. The highest BCUT2D eigenvalue weighted by atomic mass is 32.2. The minimum Gasteiger partial charge on any atom is -0.481 e. The van der Waals surface area contributed by atoms with Crippen molar-refractivity contribution in [3.63, 3.8) is 0 Å². The van der Waals surface area contributed by atoms with Gasteiger partial charge in [-0.2, -0.15) is 11.8 Å². The van der Waals surface area contributed by atoms with Gasteiger partial charge >= 0.3 is 5.97 Å². The maximum atomic E-state index is 11.7. The molecule has 96 valence electrons. The van der Waals surface area contributed by atoms with Crippen LogP contribution in [0.1, 0.15) is 12.6 Å². The monoisotopic (exact) mass is 284 g/mol. The molecule has 2 aromatic heterocycles. The smallest absolute Gasteiger partial charge is 0.307 e. The molecule has 1 N–H and O–H groups in total. The molecule has 0 aromatic carbocycles. The molecule has 0 aliphatic carbocycles. The molecular formula is C11H12N2O3S2. The summed E-state index contributed by atoms with van der Waals surface area (Å²) in [6, 6.07) is 1.50. The van der Waals surface area contributed by atoms with E-state index in [9.17, 15) is 9.59 Å². The molecule has 0 spiro atoms. The molecule has 7 heteroatoms. The lowest BCUT2D eigenvalue weighted by Gasteiger charge is -2.05. The Morgan fingerprint density at radius 1 is 1.67 bits per heavy atom. The third-order valence-electron chi connectivity index (χ3n) is 2.40. The fourth-order valence-corrected chi connectivity index (χ4v) is 3.08. The van der Waals surface area contributed by atoms with Crippen LogP contribution in [0.15, 0.2) is 22.4 Å². The van der Waals surface area contributed by atoms with Crippen molar-refractivity contribution in [1.29, 1.82) is 0 Å². The molecule has 2 heterocycles. The summed E-state index contributed by atoms with van der Waals surface area (Å²) in [7, 11) is 0. The number of aromatic nitrogens is 2. The first-order valence-electron chi connectivity index (χ1n) is 5.34. The highest BCUT2D eigenvalue weighted by Crippen LogP contribution is 2.15. The predicted octanol–water partition coefficient (Wildman–Crippen LogP) is 1.71. The molecule has 0 fully saturated rings. The van der Waals surface area contributed by atoms with E-state index < -0.39 is 5.97 Å². The zero-order chi connectivity index (χ0) is 13.1. The molecule has 0 saturated carbocycles. The average Bonchev–Trinajstić information content (AvgIpc) is 2.77. The van der Waals surface area contributed by atoms with Crippen LogP contribution >= 0.6 is 23.1 Å². The Balaban J connectivity index is 2.04. The van der Waals surface area contributed by atoms with E-state index in [0.717, 1.165) is 0 Å². The highest BCUT2D eigenvalue weighted by Gasteiger charge is 2.11. The minimum atomic E-state index is -0.802. The lowest BCUT2D eigenvalue weighted by Crippen LogP contribution is -2.14. The summed E-state index contributed by atoms with van der Waals surface area (Å²) >= 11 is 2.88. The van der Waals surface area contributed by atoms with Gasteiger partial charge in [-0.25, -0.2) is 4.98 Å². The maximum absolute atomic E-state index is 11.7. The maximum Gasteiger partial charge on any atom is 0.307 e. The molecule has 0 saturated heterocycles. The Bertz CT molecular complexity index is 620. The second kappa shape index (κ2) is 5.53. The van der Waals surface area contributed by atoms with Crippen molar-refractivity contribution in [2.75, 3.05) is 5.75 Å². The molecule has 0 radical (unpaired) electrons. The van der Waals surface area contributed by atoms with Crippen LogP contribution in [0, 0.1) is 5.92 Å². The third-order valence-corrected chi connectivity index (χ3v) is 4.39. The van der Waals surface area contributed by atoms with E-state index in [1.807, 2.05) is 5.38 Å². The van der Waals surface area contributed by atoms with E-state index in [1.54, 1.807) is 13.1 Å².